The summed E-state index contributed by atoms with van der Waals surface area (Å²) in [6, 6.07) is 0. The third-order valence-electron chi connectivity index (χ3n) is 4.36. The lowest BCUT2D eigenvalue weighted by molar-refractivity contribution is -0.130. The van der Waals surface area contributed by atoms with Crippen LogP contribution in [0.2, 0.25) is 0 Å². The van der Waals surface area contributed by atoms with Crippen LogP contribution >= 0.6 is 10.7 Å². The number of amides is 1. The lowest BCUT2D eigenvalue weighted by Crippen LogP contribution is -2.44. The number of hydrogen-bond donors (Lipinski definition) is 0. The first-order chi connectivity index (χ1) is 8.72. The average Bonchev–Trinajstić information content (AvgIpc) is 2.56. The van der Waals surface area contributed by atoms with Gasteiger partial charge in [0.15, 0.2) is 0 Å². The van der Waals surface area contributed by atoms with Crippen molar-refractivity contribution in [2.75, 3.05) is 13.1 Å². The maximum Gasteiger partial charge on any atom is 0.237 e. The van der Waals surface area contributed by atoms with E-state index in [1.54, 1.807) is 4.90 Å². The van der Waals surface area contributed by atoms with Crippen LogP contribution in [0, 0.1) is 11.3 Å². The van der Waals surface area contributed by atoms with Gasteiger partial charge in [0, 0.05) is 30.2 Å². The molecule has 2 fully saturated rings. The lowest BCUT2D eigenvalue weighted by Gasteiger charge is -2.45. The Morgan fingerprint density at radius 2 is 2.05 bits per heavy atom. The summed E-state index contributed by atoms with van der Waals surface area (Å²) in [6.07, 6.45) is 4.66. The molecule has 110 valence electrons. The Bertz CT molecular complexity index is 457. The van der Waals surface area contributed by atoms with E-state index in [2.05, 4.69) is 13.8 Å². The Balaban J connectivity index is 2.01. The van der Waals surface area contributed by atoms with Crippen LogP contribution in [0.1, 0.15) is 46.0 Å². The summed E-state index contributed by atoms with van der Waals surface area (Å²) >= 11 is 0. The summed E-state index contributed by atoms with van der Waals surface area (Å²) in [7, 11) is 1.74. The van der Waals surface area contributed by atoms with Gasteiger partial charge in [-0.1, -0.05) is 20.3 Å². The van der Waals surface area contributed by atoms with Gasteiger partial charge >= 0.3 is 0 Å². The van der Waals surface area contributed by atoms with Crippen LogP contribution in [0.5, 0.6) is 0 Å². The molecule has 4 nitrogen and oxygen atoms in total. The molecule has 0 aromatic heterocycles. The van der Waals surface area contributed by atoms with E-state index in [1.807, 2.05) is 0 Å². The van der Waals surface area contributed by atoms with E-state index in [4.69, 9.17) is 10.7 Å². The van der Waals surface area contributed by atoms with Crippen LogP contribution in [0.3, 0.4) is 0 Å². The minimum atomic E-state index is -3.63. The fraction of sp³-hybridized carbons (Fsp3) is 0.923. The van der Waals surface area contributed by atoms with E-state index in [1.165, 1.54) is 6.42 Å². The van der Waals surface area contributed by atoms with Crippen molar-refractivity contribution < 1.29 is 13.2 Å². The number of halogens is 1. The number of likely N-dealkylation sites (tertiary alicyclic amines) is 1. The first-order valence-electron chi connectivity index (χ1n) is 6.93. The van der Waals surface area contributed by atoms with Crippen molar-refractivity contribution in [2.24, 2.45) is 11.3 Å². The molecule has 1 saturated carbocycles. The molecule has 1 atom stereocenters. The molecule has 19 heavy (non-hydrogen) atoms. The number of carbonyl (C=O) groups excluding carboxylic acids is 1. The highest BCUT2D eigenvalue weighted by Gasteiger charge is 2.44. The molecule has 0 aromatic carbocycles. The van der Waals surface area contributed by atoms with Crippen molar-refractivity contribution in [1.82, 2.24) is 4.90 Å². The lowest BCUT2D eigenvalue weighted by atomic mass is 9.64. The number of nitrogens with zero attached hydrogens (tertiary/aromatic N) is 1. The van der Waals surface area contributed by atoms with E-state index in [0.717, 1.165) is 19.3 Å². The molecular weight excluding hydrogens is 286 g/mol. The van der Waals surface area contributed by atoms with Crippen molar-refractivity contribution in [3.63, 3.8) is 0 Å². The second-order valence-electron chi connectivity index (χ2n) is 6.53. The van der Waals surface area contributed by atoms with Crippen LogP contribution in [-0.4, -0.2) is 37.6 Å². The second kappa shape index (κ2) is 5.24. The molecule has 1 aliphatic heterocycles. The summed E-state index contributed by atoms with van der Waals surface area (Å²) in [5.74, 6) is 0.537. The van der Waals surface area contributed by atoms with Gasteiger partial charge in [0.1, 0.15) is 5.25 Å². The van der Waals surface area contributed by atoms with Gasteiger partial charge in [-0.3, -0.25) is 4.79 Å². The molecule has 2 rings (SSSR count). The highest BCUT2D eigenvalue weighted by Crippen LogP contribution is 2.47. The van der Waals surface area contributed by atoms with Crippen LogP contribution in [0.15, 0.2) is 0 Å². The van der Waals surface area contributed by atoms with Crippen molar-refractivity contribution in [2.45, 2.75) is 51.2 Å². The highest BCUT2D eigenvalue weighted by atomic mass is 35.7. The molecule has 1 aliphatic carbocycles. The van der Waals surface area contributed by atoms with E-state index in [9.17, 15) is 13.2 Å². The van der Waals surface area contributed by atoms with Crippen molar-refractivity contribution in [3.05, 3.63) is 0 Å². The normalized spacial score (nSPS) is 26.8. The zero-order chi connectivity index (χ0) is 14.3. The summed E-state index contributed by atoms with van der Waals surface area (Å²) in [4.78, 5) is 13.7. The molecule has 0 aromatic rings. The first kappa shape index (κ1) is 15.1. The fourth-order valence-corrected chi connectivity index (χ4v) is 4.51. The Morgan fingerprint density at radius 3 is 2.42 bits per heavy atom. The van der Waals surface area contributed by atoms with Crippen molar-refractivity contribution >= 4 is 25.6 Å². The van der Waals surface area contributed by atoms with Gasteiger partial charge in [-0.25, -0.2) is 8.42 Å². The molecule has 0 spiro atoms. The van der Waals surface area contributed by atoms with Gasteiger partial charge in [-0.05, 0) is 30.6 Å². The van der Waals surface area contributed by atoms with Gasteiger partial charge in [0.25, 0.3) is 0 Å². The summed E-state index contributed by atoms with van der Waals surface area (Å²) < 4.78 is 22.7. The van der Waals surface area contributed by atoms with E-state index in [-0.39, 0.29) is 24.3 Å². The van der Waals surface area contributed by atoms with Gasteiger partial charge in [0.05, 0.1) is 0 Å². The van der Waals surface area contributed by atoms with Gasteiger partial charge in [-0.15, -0.1) is 0 Å². The Kier molecular flexibility index (Phi) is 4.17. The monoisotopic (exact) mass is 307 g/mol. The van der Waals surface area contributed by atoms with Crippen LogP contribution < -0.4 is 0 Å². The summed E-state index contributed by atoms with van der Waals surface area (Å²) in [6.45, 7) is 5.35. The molecule has 0 bridgehead atoms. The Morgan fingerprint density at radius 1 is 1.42 bits per heavy atom. The molecule has 1 unspecified atom stereocenters. The molecule has 6 heteroatoms. The Labute approximate surface area is 119 Å². The molecule has 2 aliphatic rings. The molecule has 1 amide bonds. The third-order valence-corrected chi connectivity index (χ3v) is 6.23. The van der Waals surface area contributed by atoms with E-state index >= 15 is 0 Å². The number of carbonyl (C=O) groups is 1. The zero-order valence-electron chi connectivity index (χ0n) is 11.6. The molecule has 1 saturated heterocycles. The van der Waals surface area contributed by atoms with Gasteiger partial charge < -0.3 is 4.90 Å². The smallest absolute Gasteiger partial charge is 0.237 e. The average molecular weight is 308 g/mol. The van der Waals surface area contributed by atoms with Crippen LogP contribution in [0.25, 0.3) is 0 Å². The van der Waals surface area contributed by atoms with E-state index < -0.39 is 14.3 Å². The maximum absolute atomic E-state index is 11.9. The largest absolute Gasteiger partial charge is 0.341 e. The zero-order valence-corrected chi connectivity index (χ0v) is 13.1. The predicted octanol–water partition coefficient (Wildman–Crippen LogP) is 2.37. The molecule has 0 N–H and O–H groups in total. The summed E-state index contributed by atoms with van der Waals surface area (Å²) in [5.41, 5.74) is 0.217. The number of hydrogen-bond acceptors (Lipinski definition) is 3. The Hall–Kier alpha value is -0.290. The van der Waals surface area contributed by atoms with Crippen LogP contribution in [0.4, 0.5) is 0 Å². The maximum atomic E-state index is 11.9. The topological polar surface area (TPSA) is 54.5 Å². The minimum Gasteiger partial charge on any atom is -0.341 e. The predicted molar refractivity (Wildman–Crippen MR) is 75.5 cm³/mol. The SMILES string of the molecule is CC(C)CC1(CN2CC(S(=O)(=O)Cl)CC2=O)CCC1. The molecule has 0 radical (unpaired) electrons. The second-order valence-corrected chi connectivity index (χ2v) is 9.44. The standard InChI is InChI=1S/C13H22ClNO3S/c1-10(2)7-13(4-3-5-13)9-15-8-11(6-12(15)16)19(14,17)18/h10-11H,3-9H2,1-2H3. The molecular formula is C13H22ClNO3S. The van der Waals surface area contributed by atoms with Gasteiger partial charge in [0.2, 0.25) is 15.0 Å². The van der Waals surface area contributed by atoms with Crippen molar-refractivity contribution in [1.29, 1.82) is 0 Å². The van der Waals surface area contributed by atoms with Crippen LogP contribution in [-0.2, 0) is 13.8 Å². The highest BCUT2D eigenvalue weighted by molar-refractivity contribution is 8.14. The van der Waals surface area contributed by atoms with Crippen molar-refractivity contribution in [3.8, 4) is 0 Å². The first-order valence-corrected chi connectivity index (χ1v) is 9.30. The minimum absolute atomic E-state index is 0.0452. The van der Waals surface area contributed by atoms with Gasteiger partial charge in [-0.2, -0.15) is 0 Å². The fourth-order valence-electron chi connectivity index (χ4n) is 3.45. The number of rotatable bonds is 5. The molecule has 1 heterocycles. The van der Waals surface area contributed by atoms with E-state index in [0.29, 0.717) is 12.5 Å². The quantitative estimate of drug-likeness (QED) is 0.733. The summed E-state index contributed by atoms with van der Waals surface area (Å²) in [5, 5.41) is -0.724. The third kappa shape index (κ3) is 3.43.